The van der Waals surface area contributed by atoms with Crippen LogP contribution in [0.3, 0.4) is 0 Å². The molecule has 2 rings (SSSR count). The molecule has 1 fully saturated rings. The summed E-state index contributed by atoms with van der Waals surface area (Å²) in [5.41, 5.74) is 8.07. The molecule has 0 bridgehead atoms. The average Bonchev–Trinajstić information content (AvgIpc) is 2.97. The lowest BCUT2D eigenvalue weighted by molar-refractivity contribution is 0.184. The largest absolute Gasteiger partial charge is 0.398 e. The molecule has 1 aliphatic rings. The number of rotatable bonds is 3. The second kappa shape index (κ2) is 3.92. The van der Waals surface area contributed by atoms with Crippen molar-refractivity contribution in [2.75, 3.05) is 19.5 Å². The van der Waals surface area contributed by atoms with Crippen molar-refractivity contribution >= 4 is 5.69 Å². The fourth-order valence-corrected chi connectivity index (χ4v) is 2.05. The van der Waals surface area contributed by atoms with E-state index in [4.69, 9.17) is 15.7 Å². The van der Waals surface area contributed by atoms with Crippen molar-refractivity contribution in [3.63, 3.8) is 0 Å². The van der Waals surface area contributed by atoms with Crippen molar-refractivity contribution in [2.45, 2.75) is 12.3 Å². The van der Waals surface area contributed by atoms with E-state index >= 15 is 0 Å². The minimum Gasteiger partial charge on any atom is -0.398 e. The van der Waals surface area contributed by atoms with Gasteiger partial charge in [-0.15, -0.1) is 0 Å². The van der Waals surface area contributed by atoms with Gasteiger partial charge in [0, 0.05) is 19.4 Å². The van der Waals surface area contributed by atoms with Crippen LogP contribution >= 0.6 is 0 Å². The summed E-state index contributed by atoms with van der Waals surface area (Å²) in [7, 11) is 1.71. The molecule has 1 aliphatic carbocycles. The molecule has 1 saturated carbocycles. The Morgan fingerprint density at radius 3 is 3.07 bits per heavy atom. The topological polar surface area (TPSA) is 59.0 Å². The molecule has 0 aliphatic heterocycles. The standard InChI is InChI=1S/C12H14N2O/c1-15-7-8-5-10(8)9-3-2-4-12(14)11(9)6-13/h2-4,8,10H,5,7,14H2,1H3. The molecule has 1 aromatic carbocycles. The zero-order valence-electron chi connectivity index (χ0n) is 8.73. The van der Waals surface area contributed by atoms with E-state index in [-0.39, 0.29) is 0 Å². The van der Waals surface area contributed by atoms with E-state index < -0.39 is 0 Å². The Morgan fingerprint density at radius 2 is 2.40 bits per heavy atom. The van der Waals surface area contributed by atoms with Crippen LogP contribution < -0.4 is 5.73 Å². The van der Waals surface area contributed by atoms with Gasteiger partial charge in [-0.3, -0.25) is 0 Å². The highest BCUT2D eigenvalue weighted by Crippen LogP contribution is 2.49. The molecule has 0 heterocycles. The molecule has 2 atom stereocenters. The molecule has 15 heavy (non-hydrogen) atoms. The Bertz CT molecular complexity index is 409. The fourth-order valence-electron chi connectivity index (χ4n) is 2.05. The highest BCUT2D eigenvalue weighted by molar-refractivity contribution is 5.59. The van der Waals surface area contributed by atoms with Crippen LogP contribution in [0.5, 0.6) is 0 Å². The maximum absolute atomic E-state index is 9.03. The number of benzene rings is 1. The average molecular weight is 202 g/mol. The maximum Gasteiger partial charge on any atom is 0.102 e. The molecule has 3 nitrogen and oxygen atoms in total. The quantitative estimate of drug-likeness (QED) is 0.761. The van der Waals surface area contributed by atoms with E-state index in [2.05, 4.69) is 6.07 Å². The van der Waals surface area contributed by atoms with E-state index in [0.717, 1.165) is 18.6 Å². The van der Waals surface area contributed by atoms with Gasteiger partial charge in [-0.1, -0.05) is 12.1 Å². The first-order chi connectivity index (χ1) is 7.27. The van der Waals surface area contributed by atoms with Gasteiger partial charge in [-0.2, -0.15) is 5.26 Å². The molecular weight excluding hydrogens is 188 g/mol. The van der Waals surface area contributed by atoms with E-state index in [1.54, 1.807) is 13.2 Å². The maximum atomic E-state index is 9.03. The summed E-state index contributed by atoms with van der Waals surface area (Å²) >= 11 is 0. The number of nitrogens with two attached hydrogens (primary N) is 1. The van der Waals surface area contributed by atoms with Crippen LogP contribution in [0.2, 0.25) is 0 Å². The first-order valence-corrected chi connectivity index (χ1v) is 5.05. The third kappa shape index (κ3) is 1.81. The second-order valence-electron chi connectivity index (χ2n) is 3.98. The molecule has 78 valence electrons. The van der Waals surface area contributed by atoms with E-state index in [9.17, 15) is 0 Å². The van der Waals surface area contributed by atoms with E-state index in [1.165, 1.54) is 0 Å². The summed E-state index contributed by atoms with van der Waals surface area (Å²) in [6, 6.07) is 7.86. The predicted octanol–water partition coefficient (Wildman–Crippen LogP) is 1.89. The molecule has 0 aromatic heterocycles. The van der Waals surface area contributed by atoms with Crippen LogP contribution in [0.4, 0.5) is 5.69 Å². The second-order valence-corrected chi connectivity index (χ2v) is 3.98. The minimum atomic E-state index is 0.461. The lowest BCUT2D eigenvalue weighted by atomic mass is 10.0. The lowest BCUT2D eigenvalue weighted by Gasteiger charge is -2.05. The van der Waals surface area contributed by atoms with Crippen molar-refractivity contribution in [1.82, 2.24) is 0 Å². The smallest absolute Gasteiger partial charge is 0.102 e. The highest BCUT2D eigenvalue weighted by atomic mass is 16.5. The SMILES string of the molecule is COCC1CC1c1cccc(N)c1C#N. The Morgan fingerprint density at radius 1 is 1.60 bits per heavy atom. The van der Waals surface area contributed by atoms with Gasteiger partial charge in [0.15, 0.2) is 0 Å². The fraction of sp³-hybridized carbons (Fsp3) is 0.417. The van der Waals surface area contributed by atoms with Gasteiger partial charge in [-0.25, -0.2) is 0 Å². The van der Waals surface area contributed by atoms with E-state index in [1.807, 2.05) is 12.1 Å². The Hall–Kier alpha value is -1.53. The van der Waals surface area contributed by atoms with Gasteiger partial charge in [0.1, 0.15) is 6.07 Å². The molecule has 2 unspecified atom stereocenters. The van der Waals surface area contributed by atoms with E-state index in [0.29, 0.717) is 23.1 Å². The first kappa shape index (κ1) is 10.0. The number of hydrogen-bond donors (Lipinski definition) is 1. The molecule has 2 N–H and O–H groups in total. The zero-order chi connectivity index (χ0) is 10.8. The number of nitriles is 1. The number of nitrogens with zero attached hydrogens (tertiary/aromatic N) is 1. The van der Waals surface area contributed by atoms with Crippen molar-refractivity contribution < 1.29 is 4.74 Å². The van der Waals surface area contributed by atoms with Crippen molar-refractivity contribution in [3.05, 3.63) is 29.3 Å². The summed E-state index contributed by atoms with van der Waals surface area (Å²) in [4.78, 5) is 0. The molecule has 0 radical (unpaired) electrons. The summed E-state index contributed by atoms with van der Waals surface area (Å²) in [6.07, 6.45) is 1.10. The van der Waals surface area contributed by atoms with Crippen LogP contribution in [0.25, 0.3) is 0 Å². The first-order valence-electron chi connectivity index (χ1n) is 5.05. The predicted molar refractivity (Wildman–Crippen MR) is 58.3 cm³/mol. The normalized spacial score (nSPS) is 23.5. The molecule has 0 amide bonds. The molecule has 0 spiro atoms. The third-order valence-electron chi connectivity index (χ3n) is 2.94. The van der Waals surface area contributed by atoms with Crippen LogP contribution in [-0.4, -0.2) is 13.7 Å². The third-order valence-corrected chi connectivity index (χ3v) is 2.94. The molecule has 0 saturated heterocycles. The Balaban J connectivity index is 2.24. The van der Waals surface area contributed by atoms with Crippen molar-refractivity contribution in [1.29, 1.82) is 5.26 Å². The van der Waals surface area contributed by atoms with Crippen LogP contribution in [0, 0.1) is 17.2 Å². The summed E-state index contributed by atoms with van der Waals surface area (Å²) in [6.45, 7) is 0.768. The summed E-state index contributed by atoms with van der Waals surface area (Å²) in [5, 5.41) is 9.03. The number of nitrogen functional groups attached to an aromatic ring is 1. The highest BCUT2D eigenvalue weighted by Gasteiger charge is 2.39. The summed E-state index contributed by atoms with van der Waals surface area (Å²) in [5.74, 6) is 1.02. The number of anilines is 1. The molecule has 3 heteroatoms. The Kier molecular flexibility index (Phi) is 2.61. The van der Waals surface area contributed by atoms with Crippen LogP contribution in [0.15, 0.2) is 18.2 Å². The van der Waals surface area contributed by atoms with Gasteiger partial charge in [-0.05, 0) is 29.9 Å². The lowest BCUT2D eigenvalue weighted by Crippen LogP contribution is -1.98. The van der Waals surface area contributed by atoms with Crippen LogP contribution in [0.1, 0.15) is 23.5 Å². The molecule has 1 aromatic rings. The van der Waals surface area contributed by atoms with Gasteiger partial charge < -0.3 is 10.5 Å². The van der Waals surface area contributed by atoms with Gasteiger partial charge >= 0.3 is 0 Å². The number of ether oxygens (including phenoxy) is 1. The van der Waals surface area contributed by atoms with Gasteiger partial charge in [0.2, 0.25) is 0 Å². The van der Waals surface area contributed by atoms with Crippen molar-refractivity contribution in [2.24, 2.45) is 5.92 Å². The summed E-state index contributed by atoms with van der Waals surface area (Å²) < 4.78 is 5.11. The zero-order valence-corrected chi connectivity index (χ0v) is 8.73. The minimum absolute atomic E-state index is 0.461. The number of methoxy groups -OCH3 is 1. The van der Waals surface area contributed by atoms with Crippen LogP contribution in [-0.2, 0) is 4.74 Å². The molecular formula is C12H14N2O. The van der Waals surface area contributed by atoms with Crippen molar-refractivity contribution in [3.8, 4) is 6.07 Å². The van der Waals surface area contributed by atoms with Gasteiger partial charge in [0.25, 0.3) is 0 Å². The Labute approximate surface area is 89.5 Å². The monoisotopic (exact) mass is 202 g/mol. The van der Waals surface area contributed by atoms with Gasteiger partial charge in [0.05, 0.1) is 5.56 Å². The number of hydrogen-bond acceptors (Lipinski definition) is 3.